The SMILES string of the molecule is Cc1ccccc1C(C)N1CC2CC1CN2C(=O)Nc1ccc(OCCN2CCCC2)cc1. The quantitative estimate of drug-likeness (QED) is 0.677. The third-order valence-corrected chi connectivity index (χ3v) is 7.66. The van der Waals surface area contributed by atoms with Gasteiger partial charge in [0.1, 0.15) is 12.4 Å². The second-order valence-corrected chi connectivity index (χ2v) is 9.78. The molecule has 6 nitrogen and oxygen atoms in total. The molecule has 2 bridgehead atoms. The Labute approximate surface area is 197 Å². The molecule has 2 amide bonds. The first-order chi connectivity index (χ1) is 16.1. The van der Waals surface area contributed by atoms with Crippen LogP contribution in [0.3, 0.4) is 0 Å². The number of urea groups is 1. The van der Waals surface area contributed by atoms with E-state index in [0.717, 1.165) is 37.5 Å². The van der Waals surface area contributed by atoms with Gasteiger partial charge in [0.15, 0.2) is 0 Å². The lowest BCUT2D eigenvalue weighted by Crippen LogP contribution is -2.50. The van der Waals surface area contributed by atoms with Crippen LogP contribution < -0.4 is 10.1 Å². The van der Waals surface area contributed by atoms with Crippen molar-refractivity contribution >= 4 is 11.7 Å². The fourth-order valence-electron chi connectivity index (χ4n) is 5.78. The zero-order valence-corrected chi connectivity index (χ0v) is 19.9. The minimum Gasteiger partial charge on any atom is -0.492 e. The highest BCUT2D eigenvalue weighted by molar-refractivity contribution is 5.90. The number of anilines is 1. The number of rotatable bonds is 7. The van der Waals surface area contributed by atoms with Crippen molar-refractivity contribution in [2.45, 2.75) is 51.2 Å². The molecule has 0 aliphatic carbocycles. The maximum atomic E-state index is 13.0. The Balaban J connectivity index is 1.11. The number of carbonyl (C=O) groups excluding carboxylic acids is 1. The predicted molar refractivity (Wildman–Crippen MR) is 132 cm³/mol. The van der Waals surface area contributed by atoms with Gasteiger partial charge in [0.25, 0.3) is 0 Å². The van der Waals surface area contributed by atoms with E-state index in [-0.39, 0.29) is 12.1 Å². The lowest BCUT2D eigenvalue weighted by molar-refractivity contribution is 0.115. The second-order valence-electron chi connectivity index (χ2n) is 9.78. The van der Waals surface area contributed by atoms with Gasteiger partial charge in [-0.3, -0.25) is 9.80 Å². The zero-order valence-electron chi connectivity index (χ0n) is 19.9. The van der Waals surface area contributed by atoms with Crippen LogP contribution >= 0.6 is 0 Å². The Morgan fingerprint density at radius 2 is 1.82 bits per heavy atom. The number of fused-ring (bicyclic) bond motifs is 2. The fourth-order valence-corrected chi connectivity index (χ4v) is 5.78. The summed E-state index contributed by atoms with van der Waals surface area (Å²) in [5, 5.41) is 3.09. The molecule has 0 aromatic heterocycles. The molecule has 1 N–H and O–H groups in total. The Kier molecular flexibility index (Phi) is 6.56. The van der Waals surface area contributed by atoms with Gasteiger partial charge in [-0.05, 0) is 81.6 Å². The summed E-state index contributed by atoms with van der Waals surface area (Å²) in [5.41, 5.74) is 3.55. The molecule has 5 rings (SSSR count). The van der Waals surface area contributed by atoms with E-state index in [4.69, 9.17) is 4.74 Å². The maximum Gasteiger partial charge on any atom is 0.322 e. The van der Waals surface area contributed by atoms with Gasteiger partial charge in [0.2, 0.25) is 0 Å². The highest BCUT2D eigenvalue weighted by Crippen LogP contribution is 2.37. The summed E-state index contributed by atoms with van der Waals surface area (Å²) in [6.45, 7) is 10.3. The van der Waals surface area contributed by atoms with Gasteiger partial charge >= 0.3 is 6.03 Å². The van der Waals surface area contributed by atoms with E-state index in [0.29, 0.717) is 18.7 Å². The molecule has 176 valence electrons. The largest absolute Gasteiger partial charge is 0.492 e. The first kappa shape index (κ1) is 22.2. The molecule has 0 radical (unpaired) electrons. The molecule has 0 spiro atoms. The van der Waals surface area contributed by atoms with E-state index in [2.05, 4.69) is 53.2 Å². The molecule has 2 aromatic carbocycles. The molecule has 2 aromatic rings. The number of benzene rings is 2. The lowest BCUT2D eigenvalue weighted by atomic mass is 10.0. The van der Waals surface area contributed by atoms with Gasteiger partial charge in [-0.15, -0.1) is 0 Å². The van der Waals surface area contributed by atoms with E-state index in [1.807, 2.05) is 29.2 Å². The van der Waals surface area contributed by atoms with Crippen molar-refractivity contribution < 1.29 is 9.53 Å². The van der Waals surface area contributed by atoms with Crippen molar-refractivity contribution in [1.82, 2.24) is 14.7 Å². The van der Waals surface area contributed by atoms with Crippen molar-refractivity contribution in [3.05, 3.63) is 59.7 Å². The molecule has 3 heterocycles. The molecule has 3 unspecified atom stereocenters. The number of aryl methyl sites for hydroxylation is 1. The van der Waals surface area contributed by atoms with Crippen LogP contribution in [0.25, 0.3) is 0 Å². The Bertz CT molecular complexity index is 957. The maximum absolute atomic E-state index is 13.0. The minimum absolute atomic E-state index is 0.00777. The third kappa shape index (κ3) is 4.87. The zero-order chi connectivity index (χ0) is 22.8. The minimum atomic E-state index is 0.00777. The molecule has 3 saturated heterocycles. The summed E-state index contributed by atoms with van der Waals surface area (Å²) < 4.78 is 5.88. The van der Waals surface area contributed by atoms with Crippen molar-refractivity contribution in [3.63, 3.8) is 0 Å². The smallest absolute Gasteiger partial charge is 0.322 e. The summed E-state index contributed by atoms with van der Waals surface area (Å²) in [7, 11) is 0. The molecule has 0 saturated carbocycles. The van der Waals surface area contributed by atoms with Gasteiger partial charge in [0, 0.05) is 43.4 Å². The number of ether oxygens (including phenoxy) is 1. The first-order valence-corrected chi connectivity index (χ1v) is 12.4. The average Bonchev–Trinajstić information content (AvgIpc) is 3.58. The molecule has 3 atom stereocenters. The highest BCUT2D eigenvalue weighted by atomic mass is 16.5. The second kappa shape index (κ2) is 9.74. The molecular weight excluding hydrogens is 412 g/mol. The van der Waals surface area contributed by atoms with Crippen LogP contribution in [0, 0.1) is 6.92 Å². The Morgan fingerprint density at radius 3 is 2.52 bits per heavy atom. The number of hydrogen-bond acceptors (Lipinski definition) is 4. The summed E-state index contributed by atoms with van der Waals surface area (Å²) in [4.78, 5) is 20.0. The van der Waals surface area contributed by atoms with E-state index in [9.17, 15) is 4.79 Å². The van der Waals surface area contributed by atoms with Crippen molar-refractivity contribution in [2.75, 3.05) is 44.6 Å². The number of carbonyl (C=O) groups is 1. The van der Waals surface area contributed by atoms with Gasteiger partial charge in [0.05, 0.1) is 0 Å². The number of amides is 2. The van der Waals surface area contributed by atoms with Gasteiger partial charge in [-0.25, -0.2) is 4.79 Å². The molecule has 3 aliphatic heterocycles. The fraction of sp³-hybridized carbons (Fsp3) is 0.519. The van der Waals surface area contributed by atoms with Crippen molar-refractivity contribution in [2.24, 2.45) is 0 Å². The number of piperazine rings is 1. The molecule has 3 fully saturated rings. The van der Waals surface area contributed by atoms with Crippen LogP contribution in [-0.4, -0.2) is 72.1 Å². The number of likely N-dealkylation sites (tertiary alicyclic amines) is 3. The Hall–Kier alpha value is -2.57. The lowest BCUT2D eigenvalue weighted by Gasteiger charge is -2.38. The van der Waals surface area contributed by atoms with Crippen molar-refractivity contribution in [3.8, 4) is 5.75 Å². The summed E-state index contributed by atoms with van der Waals surface area (Å²) in [5.74, 6) is 0.855. The number of hydrogen-bond donors (Lipinski definition) is 1. The molecule has 6 heteroatoms. The molecule has 33 heavy (non-hydrogen) atoms. The normalized spacial score (nSPS) is 23.8. The summed E-state index contributed by atoms with van der Waals surface area (Å²) in [6, 6.07) is 17.5. The standard InChI is InChI=1S/C27H36N4O2/c1-20-7-3-4-8-26(20)21(2)30-18-24-17-23(30)19-31(24)27(32)28-22-9-11-25(12-10-22)33-16-15-29-13-5-6-14-29/h3-4,7-12,21,23-24H,5-6,13-19H2,1-2H3,(H,28,32). The number of nitrogens with zero attached hydrogens (tertiary/aromatic N) is 3. The first-order valence-electron chi connectivity index (χ1n) is 12.4. The van der Waals surface area contributed by atoms with Crippen molar-refractivity contribution in [1.29, 1.82) is 0 Å². The van der Waals surface area contributed by atoms with E-state index in [1.165, 1.54) is 37.1 Å². The van der Waals surface area contributed by atoms with Crippen LogP contribution in [0.2, 0.25) is 0 Å². The average molecular weight is 449 g/mol. The van der Waals surface area contributed by atoms with Gasteiger partial charge in [-0.1, -0.05) is 24.3 Å². The monoisotopic (exact) mass is 448 g/mol. The summed E-state index contributed by atoms with van der Waals surface area (Å²) in [6.07, 6.45) is 3.67. The van der Waals surface area contributed by atoms with E-state index >= 15 is 0 Å². The third-order valence-electron chi connectivity index (χ3n) is 7.66. The topological polar surface area (TPSA) is 48.1 Å². The van der Waals surface area contributed by atoms with Crippen LogP contribution in [-0.2, 0) is 0 Å². The van der Waals surface area contributed by atoms with Crippen LogP contribution in [0.4, 0.5) is 10.5 Å². The van der Waals surface area contributed by atoms with E-state index < -0.39 is 0 Å². The van der Waals surface area contributed by atoms with Crippen LogP contribution in [0.15, 0.2) is 48.5 Å². The molecular formula is C27H36N4O2. The predicted octanol–water partition coefficient (Wildman–Crippen LogP) is 4.52. The summed E-state index contributed by atoms with van der Waals surface area (Å²) >= 11 is 0. The molecule has 3 aliphatic rings. The van der Waals surface area contributed by atoms with Crippen LogP contribution in [0.5, 0.6) is 5.75 Å². The van der Waals surface area contributed by atoms with E-state index in [1.54, 1.807) is 0 Å². The highest BCUT2D eigenvalue weighted by Gasteiger charge is 2.46. The van der Waals surface area contributed by atoms with Crippen LogP contribution in [0.1, 0.15) is 43.4 Å². The van der Waals surface area contributed by atoms with Gasteiger partial charge < -0.3 is 15.0 Å². The Morgan fingerprint density at radius 1 is 1.06 bits per heavy atom. The number of nitrogens with one attached hydrogen (secondary N) is 1. The van der Waals surface area contributed by atoms with Gasteiger partial charge in [-0.2, -0.15) is 0 Å².